The standard InChI is InChI=1S/C21H30N6O2/c1-3-22-21(24-10-9-23-20(29)18-6-4-5-7-19(18)28)27-11-8-16(15-27)12-17-13-25-26(2)14-17/h4-7,13-14,16,28H,3,8-12,15H2,1-2H3,(H,22,24)(H,23,29). The van der Waals surface area contributed by atoms with Gasteiger partial charge in [0.15, 0.2) is 5.96 Å². The summed E-state index contributed by atoms with van der Waals surface area (Å²) in [7, 11) is 1.94. The van der Waals surface area contributed by atoms with Crippen molar-refractivity contribution in [3.63, 3.8) is 0 Å². The first-order valence-electron chi connectivity index (χ1n) is 10.1. The van der Waals surface area contributed by atoms with E-state index in [0.29, 0.717) is 19.0 Å². The highest BCUT2D eigenvalue weighted by Crippen LogP contribution is 2.20. The van der Waals surface area contributed by atoms with Gasteiger partial charge in [0.1, 0.15) is 5.75 Å². The Balaban J connectivity index is 1.49. The van der Waals surface area contributed by atoms with Gasteiger partial charge in [0.2, 0.25) is 0 Å². The molecule has 1 aromatic heterocycles. The van der Waals surface area contributed by atoms with Gasteiger partial charge in [0.05, 0.1) is 18.3 Å². The van der Waals surface area contributed by atoms with Gasteiger partial charge in [0, 0.05) is 39.4 Å². The second-order valence-corrected chi connectivity index (χ2v) is 7.34. The number of aromatic hydroxyl groups is 1. The summed E-state index contributed by atoms with van der Waals surface area (Å²) in [4.78, 5) is 19.1. The van der Waals surface area contributed by atoms with Crippen LogP contribution in [0, 0.1) is 5.92 Å². The summed E-state index contributed by atoms with van der Waals surface area (Å²) in [5.41, 5.74) is 1.55. The van der Waals surface area contributed by atoms with E-state index in [0.717, 1.165) is 38.4 Å². The van der Waals surface area contributed by atoms with Crippen LogP contribution in [-0.2, 0) is 13.5 Å². The lowest BCUT2D eigenvalue weighted by molar-refractivity contribution is 0.0952. The number of para-hydroxylation sites is 1. The van der Waals surface area contributed by atoms with E-state index in [9.17, 15) is 9.90 Å². The van der Waals surface area contributed by atoms with Gasteiger partial charge in [-0.25, -0.2) is 0 Å². The molecule has 1 unspecified atom stereocenters. The fraction of sp³-hybridized carbons (Fsp3) is 0.476. The highest BCUT2D eigenvalue weighted by molar-refractivity contribution is 5.96. The van der Waals surface area contributed by atoms with Crippen molar-refractivity contribution >= 4 is 11.9 Å². The van der Waals surface area contributed by atoms with Gasteiger partial charge in [-0.1, -0.05) is 12.1 Å². The maximum Gasteiger partial charge on any atom is 0.255 e. The maximum atomic E-state index is 12.2. The second-order valence-electron chi connectivity index (χ2n) is 7.34. The van der Waals surface area contributed by atoms with Crippen LogP contribution < -0.4 is 10.6 Å². The highest BCUT2D eigenvalue weighted by Gasteiger charge is 2.25. The molecule has 1 atom stereocenters. The molecule has 1 saturated heterocycles. The highest BCUT2D eigenvalue weighted by atomic mass is 16.3. The number of amides is 1. The van der Waals surface area contributed by atoms with Crippen LogP contribution in [0.15, 0.2) is 41.7 Å². The summed E-state index contributed by atoms with van der Waals surface area (Å²) < 4.78 is 1.84. The smallest absolute Gasteiger partial charge is 0.255 e. The first kappa shape index (κ1) is 20.7. The van der Waals surface area contributed by atoms with Gasteiger partial charge < -0.3 is 20.6 Å². The molecule has 8 nitrogen and oxygen atoms in total. The molecule has 1 fully saturated rings. The van der Waals surface area contributed by atoms with E-state index in [1.807, 2.05) is 17.9 Å². The number of nitrogens with one attached hydrogen (secondary N) is 2. The van der Waals surface area contributed by atoms with Crippen LogP contribution in [0.4, 0.5) is 0 Å². The van der Waals surface area contributed by atoms with Crippen molar-refractivity contribution in [3.05, 3.63) is 47.8 Å². The fourth-order valence-electron chi connectivity index (χ4n) is 3.62. The maximum absolute atomic E-state index is 12.2. The second kappa shape index (κ2) is 9.95. The minimum Gasteiger partial charge on any atom is -0.507 e. The molecule has 8 heteroatoms. The average molecular weight is 399 g/mol. The summed E-state index contributed by atoms with van der Waals surface area (Å²) in [5.74, 6) is 1.17. The van der Waals surface area contributed by atoms with Crippen molar-refractivity contribution in [2.24, 2.45) is 18.0 Å². The van der Waals surface area contributed by atoms with Gasteiger partial charge in [-0.3, -0.25) is 14.5 Å². The number of phenolic OH excluding ortho intramolecular Hbond substituents is 1. The van der Waals surface area contributed by atoms with E-state index in [1.54, 1.807) is 18.2 Å². The number of hydrogen-bond acceptors (Lipinski definition) is 4. The van der Waals surface area contributed by atoms with Crippen LogP contribution in [0.2, 0.25) is 0 Å². The first-order chi connectivity index (χ1) is 14.1. The Bertz CT molecular complexity index is 847. The number of rotatable bonds is 7. The molecule has 1 amide bonds. The molecule has 156 valence electrons. The van der Waals surface area contributed by atoms with Crippen molar-refractivity contribution in [2.45, 2.75) is 19.8 Å². The molecule has 0 spiro atoms. The van der Waals surface area contributed by atoms with E-state index >= 15 is 0 Å². The number of aryl methyl sites for hydroxylation is 1. The molecule has 2 aromatic rings. The molecule has 1 aliphatic rings. The summed E-state index contributed by atoms with van der Waals surface area (Å²) in [6, 6.07) is 6.53. The van der Waals surface area contributed by atoms with Gasteiger partial charge >= 0.3 is 0 Å². The van der Waals surface area contributed by atoms with Gasteiger partial charge in [0.25, 0.3) is 5.91 Å². The lowest BCUT2D eigenvalue weighted by atomic mass is 10.0. The molecular weight excluding hydrogens is 368 g/mol. The zero-order valence-electron chi connectivity index (χ0n) is 17.1. The van der Waals surface area contributed by atoms with Gasteiger partial charge in [-0.15, -0.1) is 0 Å². The molecule has 3 N–H and O–H groups in total. The third kappa shape index (κ3) is 5.73. The largest absolute Gasteiger partial charge is 0.507 e. The third-order valence-corrected chi connectivity index (χ3v) is 5.01. The number of aliphatic imine (C=N–C) groups is 1. The van der Waals surface area contributed by atoms with Crippen LogP contribution >= 0.6 is 0 Å². The molecule has 29 heavy (non-hydrogen) atoms. The number of phenols is 1. The van der Waals surface area contributed by atoms with Crippen molar-refractivity contribution < 1.29 is 9.90 Å². The van der Waals surface area contributed by atoms with E-state index in [2.05, 4.69) is 38.7 Å². The van der Waals surface area contributed by atoms with E-state index < -0.39 is 0 Å². The van der Waals surface area contributed by atoms with Crippen LogP contribution in [-0.4, -0.2) is 64.4 Å². The predicted octanol–water partition coefficient (Wildman–Crippen LogP) is 1.39. The van der Waals surface area contributed by atoms with Crippen molar-refractivity contribution in [1.82, 2.24) is 25.3 Å². The summed E-state index contributed by atoms with van der Waals surface area (Å²) >= 11 is 0. The van der Waals surface area contributed by atoms with Crippen LogP contribution in [0.1, 0.15) is 29.3 Å². The topological polar surface area (TPSA) is 94.8 Å². The SMILES string of the molecule is CCNC(=NCCNC(=O)c1ccccc1O)N1CCC(Cc2cnn(C)c2)C1. The molecule has 0 radical (unpaired) electrons. The van der Waals surface area contributed by atoms with E-state index in [-0.39, 0.29) is 17.2 Å². The third-order valence-electron chi connectivity index (χ3n) is 5.01. The number of nitrogens with zero attached hydrogens (tertiary/aromatic N) is 4. The Hall–Kier alpha value is -3.03. The zero-order valence-corrected chi connectivity index (χ0v) is 17.1. The molecule has 1 aromatic carbocycles. The predicted molar refractivity (Wildman–Crippen MR) is 113 cm³/mol. The molecule has 2 heterocycles. The van der Waals surface area contributed by atoms with E-state index in [4.69, 9.17) is 0 Å². The minimum absolute atomic E-state index is 0.0152. The lowest BCUT2D eigenvalue weighted by Crippen LogP contribution is -2.40. The van der Waals surface area contributed by atoms with Gasteiger partial charge in [-0.05, 0) is 43.4 Å². The fourth-order valence-corrected chi connectivity index (χ4v) is 3.62. The molecule has 0 bridgehead atoms. The van der Waals surface area contributed by atoms with E-state index in [1.165, 1.54) is 11.6 Å². The Kier molecular flexibility index (Phi) is 7.10. The summed E-state index contributed by atoms with van der Waals surface area (Å²) in [5, 5.41) is 20.2. The van der Waals surface area contributed by atoms with Gasteiger partial charge in [-0.2, -0.15) is 5.10 Å². The van der Waals surface area contributed by atoms with Crippen molar-refractivity contribution in [2.75, 3.05) is 32.7 Å². The number of aromatic nitrogens is 2. The molecule has 0 saturated carbocycles. The van der Waals surface area contributed by atoms with Crippen molar-refractivity contribution in [3.8, 4) is 5.75 Å². The van der Waals surface area contributed by atoms with Crippen LogP contribution in [0.3, 0.4) is 0 Å². The Morgan fingerprint density at radius 1 is 1.34 bits per heavy atom. The Morgan fingerprint density at radius 2 is 2.17 bits per heavy atom. The number of likely N-dealkylation sites (tertiary alicyclic amines) is 1. The molecular formula is C21H30N6O2. The number of guanidine groups is 1. The normalized spacial score (nSPS) is 16.8. The summed E-state index contributed by atoms with van der Waals surface area (Å²) in [6.45, 7) is 5.68. The first-order valence-corrected chi connectivity index (χ1v) is 10.1. The van der Waals surface area contributed by atoms with Crippen molar-refractivity contribution in [1.29, 1.82) is 0 Å². The minimum atomic E-state index is -0.291. The summed E-state index contributed by atoms with van der Waals surface area (Å²) in [6.07, 6.45) is 6.17. The quantitative estimate of drug-likeness (QED) is 0.372. The lowest BCUT2D eigenvalue weighted by Gasteiger charge is -2.21. The molecule has 0 aliphatic carbocycles. The van der Waals surface area contributed by atoms with Crippen LogP contribution in [0.5, 0.6) is 5.75 Å². The monoisotopic (exact) mass is 398 g/mol. The van der Waals surface area contributed by atoms with Crippen LogP contribution in [0.25, 0.3) is 0 Å². The number of benzene rings is 1. The number of carbonyl (C=O) groups is 1. The Morgan fingerprint density at radius 3 is 2.90 bits per heavy atom. The Labute approximate surface area is 171 Å². The average Bonchev–Trinajstić information content (AvgIpc) is 3.33. The molecule has 3 rings (SSSR count). The zero-order chi connectivity index (χ0) is 20.6. The number of hydrogen-bond donors (Lipinski definition) is 3. The number of carbonyl (C=O) groups excluding carboxylic acids is 1. The molecule has 1 aliphatic heterocycles.